The van der Waals surface area contributed by atoms with E-state index in [9.17, 15) is 0 Å². The van der Waals surface area contributed by atoms with Crippen LogP contribution < -0.4 is 0 Å². The van der Waals surface area contributed by atoms with E-state index in [0.29, 0.717) is 0 Å². The van der Waals surface area contributed by atoms with E-state index in [1.54, 1.807) is 0 Å². The third-order valence-corrected chi connectivity index (χ3v) is 2.07. The second-order valence-corrected chi connectivity index (χ2v) is 3.53. The summed E-state index contributed by atoms with van der Waals surface area (Å²) in [6, 6.07) is 0. The zero-order valence-corrected chi connectivity index (χ0v) is 9.50. The van der Waals surface area contributed by atoms with Gasteiger partial charge in [0, 0.05) is 6.21 Å². The van der Waals surface area contributed by atoms with Crippen LogP contribution in [0.1, 0.15) is 58.3 Å². The summed E-state index contributed by atoms with van der Waals surface area (Å²) in [4.78, 5) is 5.11. The van der Waals surface area contributed by atoms with Crippen LogP contribution >= 0.6 is 0 Å². The molecule has 0 aliphatic carbocycles. The quantitative estimate of drug-likeness (QED) is 0.296. The van der Waals surface area contributed by atoms with Gasteiger partial charge in [-0.25, -0.2) is 0 Å². The molecule has 0 aliphatic heterocycles. The standard InChI is InChI=1S/C12H24NO/c1-3-5-7-9-11-13-14-12-10-8-6-4-2/h11H,1,3-10,12H2,2H3/b13-11+. The van der Waals surface area contributed by atoms with Gasteiger partial charge in [0.2, 0.25) is 0 Å². The molecule has 0 bridgehead atoms. The highest BCUT2D eigenvalue weighted by molar-refractivity contribution is 5.56. The molecular formula is C12H24NO. The van der Waals surface area contributed by atoms with E-state index in [4.69, 9.17) is 4.84 Å². The van der Waals surface area contributed by atoms with Crippen LogP contribution in [0.4, 0.5) is 0 Å². The molecule has 14 heavy (non-hydrogen) atoms. The minimum Gasteiger partial charge on any atom is -0.396 e. The molecule has 0 heterocycles. The van der Waals surface area contributed by atoms with Crippen molar-refractivity contribution in [3.63, 3.8) is 0 Å². The summed E-state index contributed by atoms with van der Waals surface area (Å²) in [6.07, 6.45) is 11.2. The third-order valence-electron chi connectivity index (χ3n) is 2.07. The summed E-state index contributed by atoms with van der Waals surface area (Å²) < 4.78 is 0. The zero-order chi connectivity index (χ0) is 10.5. The van der Waals surface area contributed by atoms with Gasteiger partial charge in [0.05, 0.1) is 0 Å². The van der Waals surface area contributed by atoms with Crippen LogP contribution in [0.15, 0.2) is 5.16 Å². The van der Waals surface area contributed by atoms with E-state index in [0.717, 1.165) is 25.9 Å². The molecule has 0 aromatic heterocycles. The molecule has 2 heteroatoms. The lowest BCUT2D eigenvalue weighted by molar-refractivity contribution is 0.140. The van der Waals surface area contributed by atoms with Gasteiger partial charge in [-0.3, -0.25) is 0 Å². The van der Waals surface area contributed by atoms with Crippen molar-refractivity contribution in [2.75, 3.05) is 6.61 Å². The van der Waals surface area contributed by atoms with Gasteiger partial charge in [-0.15, -0.1) is 0 Å². The molecule has 0 saturated carbocycles. The molecule has 0 aromatic rings. The van der Waals surface area contributed by atoms with Crippen molar-refractivity contribution >= 4 is 6.21 Å². The Balaban J connectivity index is 2.96. The monoisotopic (exact) mass is 198 g/mol. The lowest BCUT2D eigenvalue weighted by Gasteiger charge is -1.98. The molecule has 0 fully saturated rings. The molecule has 83 valence electrons. The second-order valence-electron chi connectivity index (χ2n) is 3.53. The molecule has 0 aromatic carbocycles. The van der Waals surface area contributed by atoms with Crippen LogP contribution in [0, 0.1) is 6.92 Å². The zero-order valence-electron chi connectivity index (χ0n) is 9.50. The molecule has 0 aliphatic rings. The van der Waals surface area contributed by atoms with Crippen LogP contribution in [-0.4, -0.2) is 12.8 Å². The van der Waals surface area contributed by atoms with E-state index in [-0.39, 0.29) is 0 Å². The summed E-state index contributed by atoms with van der Waals surface area (Å²) in [5.41, 5.74) is 0. The van der Waals surface area contributed by atoms with Crippen molar-refractivity contribution < 1.29 is 4.84 Å². The van der Waals surface area contributed by atoms with E-state index >= 15 is 0 Å². The molecule has 0 unspecified atom stereocenters. The SMILES string of the molecule is [CH2]CCCC/C=N/OCCCCCC. The molecule has 0 saturated heterocycles. The van der Waals surface area contributed by atoms with Crippen LogP contribution in [0.3, 0.4) is 0 Å². The summed E-state index contributed by atoms with van der Waals surface area (Å²) in [5, 5.41) is 3.90. The number of hydrogen-bond donors (Lipinski definition) is 0. The maximum Gasteiger partial charge on any atom is 0.117 e. The van der Waals surface area contributed by atoms with E-state index in [2.05, 4.69) is 19.0 Å². The number of nitrogens with zero attached hydrogens (tertiary/aromatic N) is 1. The highest BCUT2D eigenvalue weighted by atomic mass is 16.6. The summed E-state index contributed by atoms with van der Waals surface area (Å²) in [7, 11) is 0. The molecule has 0 amide bonds. The van der Waals surface area contributed by atoms with Gasteiger partial charge >= 0.3 is 0 Å². The van der Waals surface area contributed by atoms with Crippen molar-refractivity contribution in [1.29, 1.82) is 0 Å². The van der Waals surface area contributed by atoms with E-state index < -0.39 is 0 Å². The molecule has 0 rings (SSSR count). The van der Waals surface area contributed by atoms with Gasteiger partial charge in [0.15, 0.2) is 0 Å². The Bertz CT molecular complexity index is 123. The lowest BCUT2D eigenvalue weighted by atomic mass is 10.2. The molecule has 0 atom stereocenters. The van der Waals surface area contributed by atoms with Gasteiger partial charge in [-0.05, 0) is 25.7 Å². The Kier molecular flexibility index (Phi) is 12.0. The van der Waals surface area contributed by atoms with Gasteiger partial charge in [-0.2, -0.15) is 0 Å². The first-order chi connectivity index (χ1) is 6.91. The molecule has 0 spiro atoms. The van der Waals surface area contributed by atoms with Gasteiger partial charge in [-0.1, -0.05) is 44.7 Å². The molecule has 0 N–H and O–H groups in total. The largest absolute Gasteiger partial charge is 0.396 e. The lowest BCUT2D eigenvalue weighted by Crippen LogP contribution is -1.88. The Morgan fingerprint density at radius 2 is 2.00 bits per heavy atom. The molecular weight excluding hydrogens is 174 g/mol. The fourth-order valence-electron chi connectivity index (χ4n) is 1.16. The number of oxime groups is 1. The maximum absolute atomic E-state index is 5.11. The van der Waals surface area contributed by atoms with E-state index in [1.165, 1.54) is 32.1 Å². The molecule has 1 radical (unpaired) electrons. The molecule has 2 nitrogen and oxygen atoms in total. The highest BCUT2D eigenvalue weighted by Crippen LogP contribution is 1.99. The van der Waals surface area contributed by atoms with Crippen LogP contribution in [-0.2, 0) is 4.84 Å². The third kappa shape index (κ3) is 11.5. The summed E-state index contributed by atoms with van der Waals surface area (Å²) in [5.74, 6) is 0. The van der Waals surface area contributed by atoms with Crippen LogP contribution in [0.5, 0.6) is 0 Å². The summed E-state index contributed by atoms with van der Waals surface area (Å²) in [6.45, 7) is 6.77. The minimum absolute atomic E-state index is 0.770. The predicted molar refractivity (Wildman–Crippen MR) is 62.4 cm³/mol. The van der Waals surface area contributed by atoms with Gasteiger partial charge in [0.25, 0.3) is 0 Å². The topological polar surface area (TPSA) is 21.6 Å². The van der Waals surface area contributed by atoms with Crippen LogP contribution in [0.25, 0.3) is 0 Å². The number of hydrogen-bond acceptors (Lipinski definition) is 2. The Hall–Kier alpha value is -0.530. The first-order valence-electron chi connectivity index (χ1n) is 5.84. The van der Waals surface area contributed by atoms with Gasteiger partial charge < -0.3 is 4.84 Å². The van der Waals surface area contributed by atoms with Gasteiger partial charge in [0.1, 0.15) is 6.61 Å². The number of rotatable bonds is 10. The normalized spacial score (nSPS) is 11.0. The second kappa shape index (κ2) is 12.5. The first-order valence-corrected chi connectivity index (χ1v) is 5.84. The Morgan fingerprint density at radius 3 is 2.71 bits per heavy atom. The average Bonchev–Trinajstić information content (AvgIpc) is 2.21. The number of unbranched alkanes of at least 4 members (excludes halogenated alkanes) is 6. The Labute approximate surface area is 88.7 Å². The van der Waals surface area contributed by atoms with Crippen molar-refractivity contribution in [3.8, 4) is 0 Å². The minimum atomic E-state index is 0.770. The predicted octanol–water partition coefficient (Wildman–Crippen LogP) is 3.96. The van der Waals surface area contributed by atoms with E-state index in [1.807, 2.05) is 6.21 Å². The van der Waals surface area contributed by atoms with Crippen molar-refractivity contribution in [3.05, 3.63) is 6.92 Å². The van der Waals surface area contributed by atoms with Crippen molar-refractivity contribution in [1.82, 2.24) is 0 Å². The smallest absolute Gasteiger partial charge is 0.117 e. The first kappa shape index (κ1) is 13.5. The van der Waals surface area contributed by atoms with Crippen LogP contribution in [0.2, 0.25) is 0 Å². The fraction of sp³-hybridized carbons (Fsp3) is 0.833. The van der Waals surface area contributed by atoms with Crippen molar-refractivity contribution in [2.24, 2.45) is 5.16 Å². The fourth-order valence-corrected chi connectivity index (χ4v) is 1.16. The summed E-state index contributed by atoms with van der Waals surface area (Å²) >= 11 is 0. The maximum atomic E-state index is 5.11. The van der Waals surface area contributed by atoms with Crippen molar-refractivity contribution in [2.45, 2.75) is 58.3 Å². The average molecular weight is 198 g/mol. The Morgan fingerprint density at radius 1 is 1.14 bits per heavy atom. The highest BCUT2D eigenvalue weighted by Gasteiger charge is 1.87.